The lowest BCUT2D eigenvalue weighted by atomic mass is 10.2. The van der Waals surface area contributed by atoms with Gasteiger partial charge < -0.3 is 10.6 Å². The average molecular weight is 263 g/mol. The van der Waals surface area contributed by atoms with Crippen molar-refractivity contribution >= 4 is 11.6 Å². The molecule has 0 heterocycles. The van der Waals surface area contributed by atoms with Crippen molar-refractivity contribution in [2.24, 2.45) is 0 Å². The Morgan fingerprint density at radius 2 is 2.21 bits per heavy atom. The quantitative estimate of drug-likeness (QED) is 0.775. The third kappa shape index (κ3) is 5.49. The lowest BCUT2D eigenvalue weighted by Gasteiger charge is -2.09. The second-order valence-corrected chi connectivity index (χ2v) is 4.56. The fraction of sp³-hybridized carbons (Fsp3) is 0.429. The first-order valence-corrected chi connectivity index (χ1v) is 6.26. The van der Waals surface area contributed by atoms with Crippen LogP contribution in [0, 0.1) is 17.1 Å². The Bertz CT molecular complexity index is 480. The number of rotatable bonds is 6. The van der Waals surface area contributed by atoms with E-state index in [4.69, 9.17) is 5.26 Å². The van der Waals surface area contributed by atoms with E-state index in [1.165, 1.54) is 12.1 Å². The molecule has 0 radical (unpaired) electrons. The van der Waals surface area contributed by atoms with Gasteiger partial charge in [-0.3, -0.25) is 4.79 Å². The molecule has 0 saturated carbocycles. The molecule has 0 aliphatic rings. The van der Waals surface area contributed by atoms with Crippen LogP contribution in [0.3, 0.4) is 0 Å². The molecular weight excluding hydrogens is 245 g/mol. The number of nitrogens with zero attached hydrogens (tertiary/aromatic N) is 1. The van der Waals surface area contributed by atoms with E-state index < -0.39 is 5.82 Å². The maximum absolute atomic E-state index is 12.9. The van der Waals surface area contributed by atoms with E-state index in [9.17, 15) is 9.18 Å². The van der Waals surface area contributed by atoms with Gasteiger partial charge >= 0.3 is 0 Å². The zero-order valence-electron chi connectivity index (χ0n) is 11.2. The summed E-state index contributed by atoms with van der Waals surface area (Å²) in [5.41, 5.74) is 0.486. The molecule has 0 aliphatic carbocycles. The van der Waals surface area contributed by atoms with Gasteiger partial charge in [0.15, 0.2) is 0 Å². The number of hydrogen-bond acceptors (Lipinski definition) is 3. The Balaban J connectivity index is 2.47. The molecule has 1 amide bonds. The average Bonchev–Trinajstić information content (AvgIpc) is 2.36. The summed E-state index contributed by atoms with van der Waals surface area (Å²) in [4.78, 5) is 11.7. The molecule has 0 aromatic heterocycles. The summed E-state index contributed by atoms with van der Waals surface area (Å²) in [6.07, 6.45) is 1.08. The molecule has 1 aromatic carbocycles. The van der Waals surface area contributed by atoms with Gasteiger partial charge in [0, 0.05) is 12.5 Å². The fourth-order valence-corrected chi connectivity index (χ4v) is 1.57. The predicted molar refractivity (Wildman–Crippen MR) is 72.1 cm³/mol. The Morgan fingerprint density at radius 3 is 2.84 bits per heavy atom. The second kappa shape index (κ2) is 7.49. The molecule has 0 bridgehead atoms. The molecule has 0 saturated heterocycles. The summed E-state index contributed by atoms with van der Waals surface area (Å²) in [5.74, 6) is -0.663. The minimum Gasteiger partial charge on any atom is -0.325 e. The Kier molecular flexibility index (Phi) is 5.97. The van der Waals surface area contributed by atoms with E-state index in [0.717, 1.165) is 12.6 Å². The number of hydrogen-bond donors (Lipinski definition) is 2. The third-order valence-electron chi connectivity index (χ3n) is 2.51. The number of anilines is 1. The van der Waals surface area contributed by atoms with Crippen molar-refractivity contribution in [2.45, 2.75) is 32.7 Å². The van der Waals surface area contributed by atoms with E-state index in [2.05, 4.69) is 10.6 Å². The van der Waals surface area contributed by atoms with E-state index in [0.29, 0.717) is 24.6 Å². The number of carbonyl (C=O) groups excluding carboxylic acids is 1. The number of benzene rings is 1. The van der Waals surface area contributed by atoms with Crippen LogP contribution in [0.2, 0.25) is 0 Å². The van der Waals surface area contributed by atoms with Crippen LogP contribution in [0.25, 0.3) is 0 Å². The van der Waals surface area contributed by atoms with Crippen molar-refractivity contribution in [3.63, 3.8) is 0 Å². The number of carbonyl (C=O) groups is 1. The van der Waals surface area contributed by atoms with Crippen molar-refractivity contribution in [1.82, 2.24) is 5.32 Å². The van der Waals surface area contributed by atoms with Gasteiger partial charge in [0.2, 0.25) is 5.91 Å². The van der Waals surface area contributed by atoms with Crippen LogP contribution in [-0.4, -0.2) is 18.5 Å². The monoisotopic (exact) mass is 263 g/mol. The molecule has 1 rings (SSSR count). The molecule has 0 aliphatic heterocycles. The highest BCUT2D eigenvalue weighted by molar-refractivity contribution is 5.92. The molecule has 19 heavy (non-hydrogen) atoms. The van der Waals surface area contributed by atoms with Crippen molar-refractivity contribution < 1.29 is 9.18 Å². The molecule has 4 nitrogen and oxygen atoms in total. The van der Waals surface area contributed by atoms with Crippen molar-refractivity contribution in [3.8, 4) is 6.07 Å². The summed E-state index contributed by atoms with van der Waals surface area (Å²) < 4.78 is 12.9. The van der Waals surface area contributed by atoms with E-state index >= 15 is 0 Å². The maximum Gasteiger partial charge on any atom is 0.224 e. The summed E-state index contributed by atoms with van der Waals surface area (Å²) in [6, 6.07) is 5.98. The molecule has 5 heteroatoms. The smallest absolute Gasteiger partial charge is 0.224 e. The number of amides is 1. The minimum absolute atomic E-state index is 0.133. The first-order valence-electron chi connectivity index (χ1n) is 6.26. The molecule has 0 spiro atoms. The molecule has 102 valence electrons. The van der Waals surface area contributed by atoms with Crippen LogP contribution in [-0.2, 0) is 4.79 Å². The van der Waals surface area contributed by atoms with Crippen LogP contribution < -0.4 is 10.6 Å². The standard InChI is InChI=1S/C14H18FN3O/c1-10(2)17-7-3-4-14(19)18-13-6-5-12(15)8-11(13)9-16/h5-6,8,10,17H,3-4,7H2,1-2H3,(H,18,19). The van der Waals surface area contributed by atoms with Crippen LogP contribution in [0.1, 0.15) is 32.3 Å². The van der Waals surface area contributed by atoms with Crippen LogP contribution in [0.5, 0.6) is 0 Å². The van der Waals surface area contributed by atoms with Gasteiger partial charge in [-0.05, 0) is 31.2 Å². The van der Waals surface area contributed by atoms with Gasteiger partial charge in [-0.1, -0.05) is 13.8 Å². The van der Waals surface area contributed by atoms with Crippen LogP contribution >= 0.6 is 0 Å². The topological polar surface area (TPSA) is 64.9 Å². The summed E-state index contributed by atoms with van der Waals surface area (Å²) >= 11 is 0. The van der Waals surface area contributed by atoms with E-state index in [1.54, 1.807) is 0 Å². The maximum atomic E-state index is 12.9. The molecule has 0 unspecified atom stereocenters. The Labute approximate surface area is 112 Å². The van der Waals surface area contributed by atoms with Crippen molar-refractivity contribution in [3.05, 3.63) is 29.6 Å². The number of nitrogens with one attached hydrogen (secondary N) is 2. The lowest BCUT2D eigenvalue weighted by Crippen LogP contribution is -2.24. The first-order chi connectivity index (χ1) is 9.02. The van der Waals surface area contributed by atoms with Gasteiger partial charge in [0.1, 0.15) is 11.9 Å². The zero-order valence-corrected chi connectivity index (χ0v) is 11.2. The van der Waals surface area contributed by atoms with Crippen LogP contribution in [0.4, 0.5) is 10.1 Å². The van der Waals surface area contributed by atoms with Gasteiger partial charge in [-0.15, -0.1) is 0 Å². The fourth-order valence-electron chi connectivity index (χ4n) is 1.57. The molecular formula is C14H18FN3O. The first kappa shape index (κ1) is 15.1. The minimum atomic E-state index is -0.490. The van der Waals surface area contributed by atoms with E-state index in [1.807, 2.05) is 19.9 Å². The van der Waals surface area contributed by atoms with Gasteiger partial charge in [-0.2, -0.15) is 5.26 Å². The summed E-state index contributed by atoms with van der Waals surface area (Å²) in [7, 11) is 0. The normalized spacial score (nSPS) is 10.3. The Morgan fingerprint density at radius 1 is 1.47 bits per heavy atom. The predicted octanol–water partition coefficient (Wildman–Crippen LogP) is 2.41. The van der Waals surface area contributed by atoms with Gasteiger partial charge in [0.05, 0.1) is 11.3 Å². The van der Waals surface area contributed by atoms with E-state index in [-0.39, 0.29) is 11.5 Å². The number of nitriles is 1. The second-order valence-electron chi connectivity index (χ2n) is 4.56. The SMILES string of the molecule is CC(C)NCCCC(=O)Nc1ccc(F)cc1C#N. The highest BCUT2D eigenvalue weighted by Gasteiger charge is 2.07. The Hall–Kier alpha value is -1.93. The molecule has 1 aromatic rings. The largest absolute Gasteiger partial charge is 0.325 e. The highest BCUT2D eigenvalue weighted by Crippen LogP contribution is 2.16. The summed E-state index contributed by atoms with van der Waals surface area (Å²) in [5, 5.41) is 14.7. The van der Waals surface area contributed by atoms with Gasteiger partial charge in [-0.25, -0.2) is 4.39 Å². The third-order valence-corrected chi connectivity index (χ3v) is 2.51. The van der Waals surface area contributed by atoms with Gasteiger partial charge in [0.25, 0.3) is 0 Å². The highest BCUT2D eigenvalue weighted by atomic mass is 19.1. The van der Waals surface area contributed by atoms with Crippen molar-refractivity contribution in [2.75, 3.05) is 11.9 Å². The zero-order chi connectivity index (χ0) is 14.3. The number of halogens is 1. The lowest BCUT2D eigenvalue weighted by molar-refractivity contribution is -0.116. The van der Waals surface area contributed by atoms with Crippen LogP contribution in [0.15, 0.2) is 18.2 Å². The summed E-state index contributed by atoms with van der Waals surface area (Å²) in [6.45, 7) is 4.84. The molecule has 0 atom stereocenters. The molecule has 0 fully saturated rings. The molecule has 2 N–H and O–H groups in total. The van der Waals surface area contributed by atoms with Crippen molar-refractivity contribution in [1.29, 1.82) is 5.26 Å².